The van der Waals surface area contributed by atoms with Gasteiger partial charge < -0.3 is 10.1 Å². The molecule has 6 heteroatoms. The first-order valence-electron chi connectivity index (χ1n) is 10.4. The highest BCUT2D eigenvalue weighted by atomic mass is 16.5. The van der Waals surface area contributed by atoms with E-state index in [2.05, 4.69) is 5.32 Å². The molecule has 0 saturated heterocycles. The highest BCUT2D eigenvalue weighted by Crippen LogP contribution is 2.30. The summed E-state index contributed by atoms with van der Waals surface area (Å²) in [6.07, 6.45) is 2.48. The highest BCUT2D eigenvalue weighted by Gasteiger charge is 2.31. The van der Waals surface area contributed by atoms with E-state index in [1.165, 1.54) is 4.90 Å². The number of methoxy groups -OCH3 is 1. The Kier molecular flexibility index (Phi) is 5.98. The Balaban J connectivity index is 1.28. The van der Waals surface area contributed by atoms with Crippen molar-refractivity contribution in [3.05, 3.63) is 71.8 Å². The van der Waals surface area contributed by atoms with Gasteiger partial charge in [-0.05, 0) is 54.6 Å². The molecule has 1 aliphatic heterocycles. The first kappa shape index (κ1) is 20.6. The molecule has 0 radical (unpaired) electrons. The molecule has 4 rings (SSSR count). The van der Waals surface area contributed by atoms with Crippen LogP contribution < -0.4 is 10.1 Å². The van der Waals surface area contributed by atoms with E-state index in [4.69, 9.17) is 4.74 Å². The summed E-state index contributed by atoms with van der Waals surface area (Å²) < 4.78 is 5.10. The van der Waals surface area contributed by atoms with Crippen LogP contribution in [0.4, 0.5) is 5.69 Å². The van der Waals surface area contributed by atoms with Crippen molar-refractivity contribution in [3.8, 4) is 5.75 Å². The van der Waals surface area contributed by atoms with E-state index >= 15 is 0 Å². The molecule has 0 saturated carbocycles. The van der Waals surface area contributed by atoms with Crippen molar-refractivity contribution in [2.24, 2.45) is 0 Å². The van der Waals surface area contributed by atoms with Crippen LogP contribution in [0, 0.1) is 0 Å². The van der Waals surface area contributed by atoms with Crippen molar-refractivity contribution in [1.82, 2.24) is 4.90 Å². The van der Waals surface area contributed by atoms with Crippen LogP contribution in [0.25, 0.3) is 10.8 Å². The van der Waals surface area contributed by atoms with Crippen LogP contribution in [0.1, 0.15) is 46.4 Å². The van der Waals surface area contributed by atoms with Crippen LogP contribution in [0.2, 0.25) is 0 Å². The Morgan fingerprint density at radius 2 is 1.52 bits per heavy atom. The van der Waals surface area contributed by atoms with Gasteiger partial charge in [-0.25, -0.2) is 0 Å². The molecule has 0 aliphatic carbocycles. The van der Waals surface area contributed by atoms with E-state index in [1.54, 1.807) is 43.5 Å². The van der Waals surface area contributed by atoms with E-state index in [9.17, 15) is 14.4 Å². The van der Waals surface area contributed by atoms with E-state index in [-0.39, 0.29) is 17.7 Å². The molecule has 0 atom stereocenters. The normalized spacial score (nSPS) is 12.9. The molecule has 0 fully saturated rings. The summed E-state index contributed by atoms with van der Waals surface area (Å²) in [5, 5.41) is 4.50. The number of rotatable bonds is 8. The van der Waals surface area contributed by atoms with Crippen LogP contribution in [0.5, 0.6) is 5.75 Å². The van der Waals surface area contributed by atoms with Crippen molar-refractivity contribution < 1.29 is 19.1 Å². The predicted molar refractivity (Wildman–Crippen MR) is 119 cm³/mol. The smallest absolute Gasteiger partial charge is 0.261 e. The third kappa shape index (κ3) is 4.28. The summed E-state index contributed by atoms with van der Waals surface area (Å²) >= 11 is 0. The van der Waals surface area contributed by atoms with Crippen molar-refractivity contribution in [2.45, 2.75) is 25.7 Å². The van der Waals surface area contributed by atoms with Crippen LogP contribution in [-0.4, -0.2) is 36.3 Å². The zero-order valence-corrected chi connectivity index (χ0v) is 17.4. The predicted octanol–water partition coefficient (Wildman–Crippen LogP) is 4.64. The largest absolute Gasteiger partial charge is 0.497 e. The minimum absolute atomic E-state index is 0.0594. The van der Waals surface area contributed by atoms with Crippen LogP contribution in [-0.2, 0) is 4.79 Å². The maximum atomic E-state index is 12.9. The molecule has 1 aliphatic rings. The molecule has 0 unspecified atom stereocenters. The van der Waals surface area contributed by atoms with Gasteiger partial charge in [-0.2, -0.15) is 0 Å². The van der Waals surface area contributed by atoms with Crippen molar-refractivity contribution in [2.75, 3.05) is 19.0 Å². The van der Waals surface area contributed by atoms with Crippen molar-refractivity contribution in [3.63, 3.8) is 0 Å². The van der Waals surface area contributed by atoms with Crippen LogP contribution in [0.15, 0.2) is 60.7 Å². The second-order valence-electron chi connectivity index (χ2n) is 7.56. The van der Waals surface area contributed by atoms with Gasteiger partial charge in [-0.1, -0.05) is 30.7 Å². The second kappa shape index (κ2) is 9.00. The average molecular weight is 416 g/mol. The fourth-order valence-corrected chi connectivity index (χ4v) is 3.91. The minimum atomic E-state index is -0.244. The monoisotopic (exact) mass is 416 g/mol. The van der Waals surface area contributed by atoms with Crippen LogP contribution in [0.3, 0.4) is 0 Å². The van der Waals surface area contributed by atoms with E-state index in [0.717, 1.165) is 28.6 Å². The molecule has 1 N–H and O–H groups in total. The number of hydrogen-bond acceptors (Lipinski definition) is 4. The summed E-state index contributed by atoms with van der Waals surface area (Å²) in [5.74, 6) is 0.188. The molecule has 0 aromatic heterocycles. The number of nitrogens with zero attached hydrogens (tertiary/aromatic N) is 1. The van der Waals surface area contributed by atoms with Gasteiger partial charge in [0.15, 0.2) is 0 Å². The van der Waals surface area contributed by atoms with Crippen LogP contribution >= 0.6 is 0 Å². The van der Waals surface area contributed by atoms with Crippen molar-refractivity contribution in [1.29, 1.82) is 0 Å². The Hall–Kier alpha value is -3.67. The van der Waals surface area contributed by atoms with E-state index in [1.807, 2.05) is 24.3 Å². The van der Waals surface area contributed by atoms with E-state index in [0.29, 0.717) is 36.9 Å². The summed E-state index contributed by atoms with van der Waals surface area (Å²) in [5.41, 5.74) is 1.88. The molecule has 0 bridgehead atoms. The maximum Gasteiger partial charge on any atom is 0.261 e. The Bertz CT molecular complexity index is 1090. The van der Waals surface area contributed by atoms with Gasteiger partial charge in [0.1, 0.15) is 5.75 Å². The standard InChI is InChI=1S/C25H24N2O4/c1-31-19-14-12-18(13-15-19)26-22(28)11-3-2-4-16-27-24(29)20-9-5-7-17-8-6-10-21(23(17)20)25(27)30/h5-10,12-15H,2-4,11,16H2,1H3,(H,26,28). The quantitative estimate of drug-likeness (QED) is 0.429. The van der Waals surface area contributed by atoms with Gasteiger partial charge in [0.25, 0.3) is 11.8 Å². The van der Waals surface area contributed by atoms with E-state index < -0.39 is 0 Å². The van der Waals surface area contributed by atoms with Crippen molar-refractivity contribution >= 4 is 34.2 Å². The minimum Gasteiger partial charge on any atom is -0.497 e. The number of imide groups is 1. The number of nitrogens with one attached hydrogen (secondary N) is 1. The molecule has 31 heavy (non-hydrogen) atoms. The van der Waals surface area contributed by atoms with Gasteiger partial charge in [0, 0.05) is 35.2 Å². The lowest BCUT2D eigenvalue weighted by Crippen LogP contribution is -2.40. The summed E-state index contributed by atoms with van der Waals surface area (Å²) in [6, 6.07) is 18.2. The Labute approximate surface area is 180 Å². The summed E-state index contributed by atoms with van der Waals surface area (Å²) in [4.78, 5) is 39.2. The number of anilines is 1. The molecule has 3 amide bonds. The lowest BCUT2D eigenvalue weighted by atomic mass is 9.94. The van der Waals surface area contributed by atoms with Gasteiger partial charge in [0.05, 0.1) is 7.11 Å². The van der Waals surface area contributed by atoms with Gasteiger partial charge >= 0.3 is 0 Å². The molecular weight excluding hydrogens is 392 g/mol. The summed E-state index contributed by atoms with van der Waals surface area (Å²) in [7, 11) is 1.59. The fourth-order valence-electron chi connectivity index (χ4n) is 3.91. The third-order valence-electron chi connectivity index (χ3n) is 5.52. The molecule has 1 heterocycles. The summed E-state index contributed by atoms with van der Waals surface area (Å²) in [6.45, 7) is 0.350. The molecule has 158 valence electrons. The number of amides is 3. The Morgan fingerprint density at radius 1 is 0.871 bits per heavy atom. The fraction of sp³-hybridized carbons (Fsp3) is 0.240. The Morgan fingerprint density at radius 3 is 2.13 bits per heavy atom. The second-order valence-corrected chi connectivity index (χ2v) is 7.56. The first-order valence-corrected chi connectivity index (χ1v) is 10.4. The molecule has 0 spiro atoms. The topological polar surface area (TPSA) is 75.7 Å². The van der Waals surface area contributed by atoms with Gasteiger partial charge in [-0.3, -0.25) is 19.3 Å². The lowest BCUT2D eigenvalue weighted by molar-refractivity contribution is -0.116. The maximum absolute atomic E-state index is 12.9. The SMILES string of the molecule is COc1ccc(NC(=O)CCCCCN2C(=O)c3cccc4cccc(c34)C2=O)cc1. The number of carbonyl (C=O) groups excluding carboxylic acids is 3. The molecule has 6 nitrogen and oxygen atoms in total. The third-order valence-corrected chi connectivity index (χ3v) is 5.52. The lowest BCUT2D eigenvalue weighted by Gasteiger charge is -2.27. The average Bonchev–Trinajstić information content (AvgIpc) is 2.79. The van der Waals surface area contributed by atoms with Gasteiger partial charge in [-0.15, -0.1) is 0 Å². The number of ether oxygens (including phenoxy) is 1. The molecule has 3 aromatic rings. The number of benzene rings is 3. The number of carbonyl (C=O) groups is 3. The molecule has 3 aromatic carbocycles. The van der Waals surface area contributed by atoms with Gasteiger partial charge in [0.2, 0.25) is 5.91 Å². The number of hydrogen-bond donors (Lipinski definition) is 1. The highest BCUT2D eigenvalue weighted by molar-refractivity contribution is 6.25. The number of unbranched alkanes of at least 4 members (excludes halogenated alkanes) is 2. The first-order chi connectivity index (χ1) is 15.1. The zero-order valence-electron chi connectivity index (χ0n) is 17.4. The zero-order chi connectivity index (χ0) is 21.8. The molecular formula is C25H24N2O4.